The van der Waals surface area contributed by atoms with Crippen molar-refractivity contribution >= 4 is 24.5 Å². The van der Waals surface area contributed by atoms with Crippen LogP contribution in [0.1, 0.15) is 53.5 Å². The Kier molecular flexibility index (Phi) is 8.68. The van der Waals surface area contributed by atoms with Gasteiger partial charge >= 0.3 is 6.09 Å². The SMILES string of the molecule is Cc1ccc(S(=O)(=O)OCC(O)[C@@H]2C[C@@H](O[Si](C)(C)C(C)(C)C)CN2C(=O)OC(C)(C)C)cc1. The minimum atomic E-state index is -4.05. The van der Waals surface area contributed by atoms with Crippen molar-refractivity contribution in [2.45, 2.75) is 102 Å². The maximum Gasteiger partial charge on any atom is 0.410 e. The Bertz CT molecular complexity index is 949. The van der Waals surface area contributed by atoms with Crippen LogP contribution in [0, 0.1) is 6.92 Å². The third-order valence-corrected chi connectivity index (χ3v) is 12.2. The summed E-state index contributed by atoms with van der Waals surface area (Å²) in [6, 6.07) is 5.58. The van der Waals surface area contributed by atoms with E-state index in [2.05, 4.69) is 33.9 Å². The summed E-state index contributed by atoms with van der Waals surface area (Å²) < 4.78 is 42.3. The highest BCUT2D eigenvalue weighted by Gasteiger charge is 2.46. The number of aliphatic hydroxyl groups excluding tert-OH is 1. The number of carbonyl (C=O) groups is 1. The van der Waals surface area contributed by atoms with Crippen molar-refractivity contribution in [3.8, 4) is 0 Å². The molecule has 34 heavy (non-hydrogen) atoms. The molecule has 1 heterocycles. The molecular formula is C24H41NO7SSi. The molecule has 1 amide bonds. The summed E-state index contributed by atoms with van der Waals surface area (Å²) in [5.74, 6) is 0. The van der Waals surface area contributed by atoms with Crippen LogP contribution in [0.5, 0.6) is 0 Å². The molecular weight excluding hydrogens is 474 g/mol. The fraction of sp³-hybridized carbons (Fsp3) is 0.708. The molecule has 1 saturated heterocycles. The van der Waals surface area contributed by atoms with E-state index in [0.29, 0.717) is 6.42 Å². The number of hydrogen-bond donors (Lipinski definition) is 1. The van der Waals surface area contributed by atoms with Crippen molar-refractivity contribution in [1.82, 2.24) is 4.90 Å². The number of benzene rings is 1. The summed E-state index contributed by atoms with van der Waals surface area (Å²) in [6.45, 7) is 17.6. The maximum absolute atomic E-state index is 12.9. The van der Waals surface area contributed by atoms with Gasteiger partial charge in [0.25, 0.3) is 10.1 Å². The number of aryl methyl sites for hydroxylation is 1. The highest BCUT2D eigenvalue weighted by molar-refractivity contribution is 7.86. The van der Waals surface area contributed by atoms with Gasteiger partial charge in [-0.2, -0.15) is 8.42 Å². The van der Waals surface area contributed by atoms with E-state index in [1.54, 1.807) is 32.9 Å². The average Bonchev–Trinajstić information content (AvgIpc) is 3.08. The lowest BCUT2D eigenvalue weighted by Crippen LogP contribution is -2.47. The molecule has 1 aliphatic heterocycles. The van der Waals surface area contributed by atoms with Gasteiger partial charge in [-0.3, -0.25) is 9.08 Å². The van der Waals surface area contributed by atoms with E-state index in [9.17, 15) is 18.3 Å². The first kappa shape index (κ1) is 28.8. The van der Waals surface area contributed by atoms with Crippen molar-refractivity contribution in [2.24, 2.45) is 0 Å². The summed E-state index contributed by atoms with van der Waals surface area (Å²) in [5, 5.41) is 10.9. The molecule has 1 N–H and O–H groups in total. The van der Waals surface area contributed by atoms with Crippen LogP contribution in [-0.2, 0) is 23.5 Å². The number of likely N-dealkylation sites (tertiary alicyclic amines) is 1. The third-order valence-electron chi connectivity index (χ3n) is 6.35. The fourth-order valence-corrected chi connectivity index (χ4v) is 5.73. The maximum atomic E-state index is 12.9. The van der Waals surface area contributed by atoms with E-state index >= 15 is 0 Å². The van der Waals surface area contributed by atoms with Gasteiger partial charge in [-0.1, -0.05) is 38.5 Å². The normalized spacial score (nSPS) is 20.9. The standard InChI is InChI=1S/C24H41NO7SSi/c1-17-10-12-19(13-11-17)33(28,29)30-16-21(26)20-14-18(32-34(8,9)24(5,6)7)15-25(20)22(27)31-23(2,3)4/h10-13,18,20-21,26H,14-16H2,1-9H3/t18-,20+,21?/m1/s1. The van der Waals surface area contributed by atoms with Gasteiger partial charge in [0.2, 0.25) is 0 Å². The number of hydrogen-bond acceptors (Lipinski definition) is 7. The van der Waals surface area contributed by atoms with Crippen molar-refractivity contribution < 1.29 is 31.7 Å². The minimum absolute atomic E-state index is 0.0138. The van der Waals surface area contributed by atoms with Gasteiger partial charge in [-0.25, -0.2) is 4.79 Å². The zero-order valence-electron chi connectivity index (χ0n) is 21.9. The second-order valence-corrected chi connectivity index (χ2v) is 17.9. The van der Waals surface area contributed by atoms with E-state index in [1.165, 1.54) is 17.0 Å². The molecule has 3 atom stereocenters. The topological polar surface area (TPSA) is 102 Å². The van der Waals surface area contributed by atoms with Gasteiger partial charge in [-0.05, 0) is 64.4 Å². The van der Waals surface area contributed by atoms with Crippen LogP contribution in [-0.4, -0.2) is 69.8 Å². The number of nitrogens with zero attached hydrogens (tertiary/aromatic N) is 1. The van der Waals surface area contributed by atoms with Gasteiger partial charge in [0.1, 0.15) is 5.60 Å². The Morgan fingerprint density at radius 3 is 2.21 bits per heavy atom. The summed E-state index contributed by atoms with van der Waals surface area (Å²) in [6.07, 6.45) is -1.73. The van der Waals surface area contributed by atoms with Crippen molar-refractivity contribution in [1.29, 1.82) is 0 Å². The van der Waals surface area contributed by atoms with Gasteiger partial charge < -0.3 is 14.3 Å². The van der Waals surface area contributed by atoms with E-state index < -0.39 is 48.9 Å². The molecule has 2 rings (SSSR count). The average molecular weight is 516 g/mol. The lowest BCUT2D eigenvalue weighted by molar-refractivity contribution is -0.00307. The first-order valence-corrected chi connectivity index (χ1v) is 16.0. The minimum Gasteiger partial charge on any atom is -0.444 e. The quantitative estimate of drug-likeness (QED) is 0.422. The van der Waals surface area contributed by atoms with Crippen LogP contribution in [0.4, 0.5) is 4.79 Å². The van der Waals surface area contributed by atoms with Crippen LogP contribution in [0.2, 0.25) is 18.1 Å². The molecule has 0 bridgehead atoms. The number of carbonyl (C=O) groups excluding carboxylic acids is 1. The molecule has 0 radical (unpaired) electrons. The Hall–Kier alpha value is -1.46. The molecule has 1 fully saturated rings. The molecule has 1 aromatic carbocycles. The predicted octanol–water partition coefficient (Wildman–Crippen LogP) is 4.46. The number of aliphatic hydroxyl groups is 1. The smallest absolute Gasteiger partial charge is 0.410 e. The van der Waals surface area contributed by atoms with E-state index in [0.717, 1.165) is 5.56 Å². The van der Waals surface area contributed by atoms with Gasteiger partial charge in [0.15, 0.2) is 8.32 Å². The lowest BCUT2D eigenvalue weighted by Gasteiger charge is -2.38. The molecule has 0 aliphatic carbocycles. The third kappa shape index (κ3) is 7.52. The van der Waals surface area contributed by atoms with Crippen molar-refractivity contribution in [3.63, 3.8) is 0 Å². The summed E-state index contributed by atoms with van der Waals surface area (Å²) in [4.78, 5) is 14.4. The molecule has 0 saturated carbocycles. The molecule has 1 unspecified atom stereocenters. The zero-order valence-corrected chi connectivity index (χ0v) is 23.7. The number of ether oxygens (including phenoxy) is 1. The zero-order chi connectivity index (χ0) is 26.1. The van der Waals surface area contributed by atoms with Crippen LogP contribution in [0.3, 0.4) is 0 Å². The van der Waals surface area contributed by atoms with E-state index in [1.807, 2.05) is 6.92 Å². The lowest BCUT2D eigenvalue weighted by atomic mass is 10.1. The highest BCUT2D eigenvalue weighted by atomic mass is 32.2. The van der Waals surface area contributed by atoms with Gasteiger partial charge in [-0.15, -0.1) is 0 Å². The van der Waals surface area contributed by atoms with Crippen LogP contribution in [0.15, 0.2) is 29.2 Å². The molecule has 10 heteroatoms. The Morgan fingerprint density at radius 2 is 1.71 bits per heavy atom. The first-order chi connectivity index (χ1) is 15.3. The highest BCUT2D eigenvalue weighted by Crippen LogP contribution is 2.39. The largest absolute Gasteiger partial charge is 0.444 e. The fourth-order valence-electron chi connectivity index (χ4n) is 3.44. The first-order valence-electron chi connectivity index (χ1n) is 11.6. The summed E-state index contributed by atoms with van der Waals surface area (Å²) >= 11 is 0. The molecule has 1 aromatic rings. The molecule has 0 aromatic heterocycles. The van der Waals surface area contributed by atoms with Crippen molar-refractivity contribution in [3.05, 3.63) is 29.8 Å². The molecule has 194 valence electrons. The van der Waals surface area contributed by atoms with Gasteiger partial charge in [0.05, 0.1) is 29.8 Å². The van der Waals surface area contributed by atoms with E-state index in [-0.39, 0.29) is 22.6 Å². The van der Waals surface area contributed by atoms with Crippen LogP contribution < -0.4 is 0 Å². The molecule has 8 nitrogen and oxygen atoms in total. The Balaban J connectivity index is 2.18. The Labute approximate surface area is 205 Å². The summed E-state index contributed by atoms with van der Waals surface area (Å²) in [7, 11) is -6.18. The van der Waals surface area contributed by atoms with E-state index in [4.69, 9.17) is 13.3 Å². The summed E-state index contributed by atoms with van der Waals surface area (Å²) in [5.41, 5.74) is 0.210. The molecule has 0 spiro atoms. The second kappa shape index (κ2) is 10.3. The Morgan fingerprint density at radius 1 is 1.15 bits per heavy atom. The van der Waals surface area contributed by atoms with Crippen LogP contribution >= 0.6 is 0 Å². The number of rotatable bonds is 7. The van der Waals surface area contributed by atoms with Gasteiger partial charge in [0, 0.05) is 6.54 Å². The second-order valence-electron chi connectivity index (χ2n) is 11.6. The number of amides is 1. The monoisotopic (exact) mass is 515 g/mol. The predicted molar refractivity (Wildman–Crippen MR) is 134 cm³/mol. The van der Waals surface area contributed by atoms with Crippen LogP contribution in [0.25, 0.3) is 0 Å². The molecule has 1 aliphatic rings. The van der Waals surface area contributed by atoms with Crippen molar-refractivity contribution in [2.75, 3.05) is 13.2 Å².